The van der Waals surface area contributed by atoms with E-state index in [4.69, 9.17) is 33.2 Å². The third-order valence-electron chi connectivity index (χ3n) is 1.44. The van der Waals surface area contributed by atoms with Crippen LogP contribution in [0.4, 0.5) is 0 Å². The van der Waals surface area contributed by atoms with Crippen LogP contribution in [0.5, 0.6) is 0 Å². The van der Waals surface area contributed by atoms with Crippen molar-refractivity contribution in [3.8, 4) is 0 Å². The predicted molar refractivity (Wildman–Crippen MR) is 48.1 cm³/mol. The van der Waals surface area contributed by atoms with Gasteiger partial charge in [0.25, 0.3) is 0 Å². The van der Waals surface area contributed by atoms with Gasteiger partial charge in [0.15, 0.2) is 8.11 Å². The van der Waals surface area contributed by atoms with E-state index in [9.17, 15) is 0 Å². The first-order valence-corrected chi connectivity index (χ1v) is 10.3. The summed E-state index contributed by atoms with van der Waals surface area (Å²) in [5.74, 6) is 0. The molecular formula is C4H8Cl3Si2. The molecule has 0 unspecified atom stereocenters. The van der Waals surface area contributed by atoms with Gasteiger partial charge in [-0.2, -0.15) is 11.1 Å². The van der Waals surface area contributed by atoms with Crippen LogP contribution >= 0.6 is 33.2 Å². The lowest BCUT2D eigenvalue weighted by molar-refractivity contribution is 1.03. The van der Waals surface area contributed by atoms with Gasteiger partial charge in [-0.25, -0.2) is 0 Å². The summed E-state index contributed by atoms with van der Waals surface area (Å²) in [4.78, 5) is 0. The van der Waals surface area contributed by atoms with Crippen LogP contribution in [-0.4, -0.2) is 14.8 Å². The lowest BCUT2D eigenvalue weighted by Gasteiger charge is -2.23. The van der Waals surface area contributed by atoms with Crippen molar-refractivity contribution in [3.63, 3.8) is 0 Å². The molecule has 1 aliphatic rings. The van der Waals surface area contributed by atoms with E-state index < -0.39 is 14.8 Å². The standard InChI is InChI=1S/C4H8Cl3Si2/c5-8-2-1-3-9(6,7)4-8/h1-4H2. The highest BCUT2D eigenvalue weighted by atomic mass is 35.7. The van der Waals surface area contributed by atoms with Crippen LogP contribution in [0.3, 0.4) is 0 Å². The van der Waals surface area contributed by atoms with Gasteiger partial charge in [-0.1, -0.05) is 6.42 Å². The summed E-state index contributed by atoms with van der Waals surface area (Å²) in [6.45, 7) is -1.80. The molecule has 1 saturated heterocycles. The Morgan fingerprint density at radius 3 is 2.33 bits per heavy atom. The predicted octanol–water partition coefficient (Wildman–Crippen LogP) is 3.08. The molecule has 0 aromatic rings. The minimum atomic E-state index is -1.80. The van der Waals surface area contributed by atoms with Crippen molar-refractivity contribution in [2.45, 2.75) is 24.2 Å². The molecule has 0 nitrogen and oxygen atoms in total. The highest BCUT2D eigenvalue weighted by Gasteiger charge is 2.35. The van der Waals surface area contributed by atoms with Gasteiger partial charge in [0.05, 0.1) is 0 Å². The average molecular weight is 219 g/mol. The van der Waals surface area contributed by atoms with E-state index in [-0.39, 0.29) is 0 Å². The second kappa shape index (κ2) is 3.14. The normalized spacial score (nSPS) is 28.3. The quantitative estimate of drug-likeness (QED) is 0.433. The van der Waals surface area contributed by atoms with Crippen molar-refractivity contribution in [2.75, 3.05) is 0 Å². The van der Waals surface area contributed by atoms with Gasteiger partial charge in [-0.3, -0.25) is 0 Å². The Morgan fingerprint density at radius 1 is 1.33 bits per heavy atom. The average Bonchev–Trinajstić information content (AvgIpc) is 1.60. The van der Waals surface area contributed by atoms with Gasteiger partial charge in [-0.15, -0.1) is 22.2 Å². The summed E-state index contributed by atoms with van der Waals surface area (Å²) in [6, 6.07) is 2.25. The summed E-state index contributed by atoms with van der Waals surface area (Å²) in [5.41, 5.74) is 0.975. The molecule has 0 N–H and O–H groups in total. The maximum Gasteiger partial charge on any atom is 0.249 e. The van der Waals surface area contributed by atoms with Crippen LogP contribution in [-0.2, 0) is 0 Å². The van der Waals surface area contributed by atoms with Crippen molar-refractivity contribution < 1.29 is 0 Å². The molecule has 0 aromatic heterocycles. The fourth-order valence-electron chi connectivity index (χ4n) is 0.996. The molecule has 0 atom stereocenters. The molecule has 1 rings (SSSR count). The van der Waals surface area contributed by atoms with E-state index in [2.05, 4.69) is 0 Å². The van der Waals surface area contributed by atoms with Crippen LogP contribution in [0.15, 0.2) is 0 Å². The third kappa shape index (κ3) is 2.80. The van der Waals surface area contributed by atoms with Crippen molar-refractivity contribution >= 4 is 48.0 Å². The Labute approximate surface area is 72.2 Å². The molecule has 1 heterocycles. The summed E-state index contributed by atoms with van der Waals surface area (Å²) in [6.07, 6.45) is 1.16. The largest absolute Gasteiger partial charge is 0.249 e. The molecule has 0 aromatic carbocycles. The van der Waals surface area contributed by atoms with Crippen LogP contribution in [0.1, 0.15) is 6.42 Å². The fourth-order valence-corrected chi connectivity index (χ4v) is 13.7. The first kappa shape index (κ1) is 8.40. The smallest absolute Gasteiger partial charge is 0.169 e. The van der Waals surface area contributed by atoms with E-state index in [1.807, 2.05) is 0 Å². The topological polar surface area (TPSA) is 0 Å². The van der Waals surface area contributed by atoms with E-state index in [0.717, 1.165) is 18.1 Å². The molecule has 0 spiro atoms. The SMILES string of the molecule is Cl[Si]1CCC[Si](Cl)(Cl)C1. The lowest BCUT2D eigenvalue weighted by atomic mass is 10.6. The number of rotatable bonds is 0. The van der Waals surface area contributed by atoms with E-state index >= 15 is 0 Å². The first-order valence-electron chi connectivity index (χ1n) is 2.98. The van der Waals surface area contributed by atoms with Gasteiger partial charge >= 0.3 is 0 Å². The summed E-state index contributed by atoms with van der Waals surface area (Å²) in [7, 11) is -0.630. The molecule has 0 saturated carbocycles. The van der Waals surface area contributed by atoms with Gasteiger partial charge < -0.3 is 0 Å². The second-order valence-corrected chi connectivity index (χ2v) is 14.1. The molecule has 53 valence electrons. The molecule has 9 heavy (non-hydrogen) atoms. The Bertz CT molecular complexity index is 106. The minimum absolute atomic E-state index is 0.630. The van der Waals surface area contributed by atoms with Gasteiger partial charge in [0, 0.05) is 0 Å². The van der Waals surface area contributed by atoms with Crippen molar-refractivity contribution in [3.05, 3.63) is 0 Å². The summed E-state index contributed by atoms with van der Waals surface area (Å²) in [5, 5.41) is 0. The zero-order chi connectivity index (χ0) is 6.91. The first-order chi connectivity index (χ1) is 4.10. The van der Waals surface area contributed by atoms with Crippen LogP contribution in [0.25, 0.3) is 0 Å². The van der Waals surface area contributed by atoms with Crippen molar-refractivity contribution in [1.82, 2.24) is 0 Å². The van der Waals surface area contributed by atoms with Crippen molar-refractivity contribution in [2.24, 2.45) is 0 Å². The Kier molecular flexibility index (Phi) is 2.93. The van der Waals surface area contributed by atoms with E-state index in [0.29, 0.717) is 0 Å². The number of hydrogen-bond acceptors (Lipinski definition) is 0. The third-order valence-corrected chi connectivity index (χ3v) is 12.3. The fraction of sp³-hybridized carbons (Fsp3) is 1.00. The van der Waals surface area contributed by atoms with Crippen LogP contribution < -0.4 is 0 Å². The molecule has 0 aliphatic carbocycles. The molecule has 1 aliphatic heterocycles. The monoisotopic (exact) mass is 217 g/mol. The lowest BCUT2D eigenvalue weighted by Crippen LogP contribution is -2.30. The minimum Gasteiger partial charge on any atom is -0.169 e. The molecule has 5 heteroatoms. The van der Waals surface area contributed by atoms with Gasteiger partial charge in [0.2, 0.25) is 6.69 Å². The Hall–Kier alpha value is 1.30. The Balaban J connectivity index is 2.41. The van der Waals surface area contributed by atoms with Gasteiger partial charge in [0.1, 0.15) is 0 Å². The molecule has 0 amide bonds. The summed E-state index contributed by atoms with van der Waals surface area (Å²) < 4.78 is 0. The Morgan fingerprint density at radius 2 is 2.00 bits per heavy atom. The van der Waals surface area contributed by atoms with Crippen LogP contribution in [0, 0.1) is 0 Å². The highest BCUT2D eigenvalue weighted by molar-refractivity contribution is 7.48. The zero-order valence-electron chi connectivity index (χ0n) is 4.96. The highest BCUT2D eigenvalue weighted by Crippen LogP contribution is 2.35. The zero-order valence-corrected chi connectivity index (χ0v) is 9.23. The van der Waals surface area contributed by atoms with E-state index in [1.54, 1.807) is 0 Å². The molecule has 0 bridgehead atoms. The van der Waals surface area contributed by atoms with Gasteiger partial charge in [-0.05, 0) is 17.8 Å². The molecule has 1 fully saturated rings. The van der Waals surface area contributed by atoms with E-state index in [1.165, 1.54) is 6.04 Å². The maximum absolute atomic E-state index is 6.01. The maximum atomic E-state index is 6.01. The second-order valence-electron chi connectivity index (χ2n) is 2.40. The molecular weight excluding hydrogens is 211 g/mol. The number of halogens is 3. The number of hydrogen-bond donors (Lipinski definition) is 0. The molecule has 1 radical (unpaired) electrons. The van der Waals surface area contributed by atoms with Crippen molar-refractivity contribution in [1.29, 1.82) is 0 Å². The van der Waals surface area contributed by atoms with Crippen LogP contribution in [0.2, 0.25) is 17.8 Å². The summed E-state index contributed by atoms with van der Waals surface area (Å²) >= 11 is 18.0.